The largest absolute Gasteiger partial charge is 0.486 e. The number of nitro benzene ring substituents is 2. The molecule has 0 saturated heterocycles. The molecule has 0 aromatic heterocycles. The number of nitrogens with zero attached hydrogens (tertiary/aromatic N) is 2. The lowest BCUT2D eigenvalue weighted by Gasteiger charge is -2.22. The second-order valence-corrected chi connectivity index (χ2v) is 12.4. The molecule has 2 N–H and O–H groups in total. The molecular formula is C29H29BrF9N3O6. The summed E-state index contributed by atoms with van der Waals surface area (Å²) in [7, 11) is 0. The number of nitrogens with two attached hydrogens (primary N) is 1. The molecule has 0 amide bonds. The summed E-state index contributed by atoms with van der Waals surface area (Å²) >= 11 is 2.79. The maximum atomic E-state index is 12.4. The molecule has 0 aliphatic heterocycles. The summed E-state index contributed by atoms with van der Waals surface area (Å²) in [4.78, 5) is 19.3. The zero-order chi connectivity index (χ0) is 37.6. The fourth-order valence-electron chi connectivity index (χ4n) is 3.23. The highest BCUT2D eigenvalue weighted by Crippen LogP contribution is 2.38. The molecule has 0 saturated carbocycles. The number of hydrogen-bond donors (Lipinski definition) is 1. The molecule has 266 valence electrons. The number of ether oxygens (including phenoxy) is 2. The van der Waals surface area contributed by atoms with E-state index >= 15 is 0 Å². The topological polar surface area (TPSA) is 131 Å². The molecule has 0 aliphatic rings. The third-order valence-corrected chi connectivity index (χ3v) is 5.79. The van der Waals surface area contributed by atoms with Gasteiger partial charge in [0.25, 0.3) is 5.69 Å². The minimum absolute atomic E-state index is 0.00949. The SMILES string of the molecule is CC(C)(C)Oc1ccc(C(F)(F)F)cc1N.CC(C)(C)Oc1ccc(C(F)(F)F)cc1[N+](=O)[O-].O=[N+]([O-])c1cc(C(F)(F)F)ccc1Br. The lowest BCUT2D eigenvalue weighted by atomic mass is 10.1. The van der Waals surface area contributed by atoms with Crippen molar-refractivity contribution in [2.75, 3.05) is 5.73 Å². The molecule has 0 atom stereocenters. The van der Waals surface area contributed by atoms with Crippen LogP contribution in [-0.2, 0) is 18.5 Å². The van der Waals surface area contributed by atoms with Crippen LogP contribution in [-0.4, -0.2) is 21.0 Å². The standard InChI is InChI=1S/C11H12F3NO3.C11H14F3NO.C7H3BrF3NO2/c1-10(2,3)18-9-5-4-7(11(12,13)14)6-8(9)15(16)17;1-10(2,3)16-9-5-4-7(6-8(9)15)11(12,13)14;8-5-2-1-4(7(9,10)11)3-6(5)12(13)14/h4-6H,1-3H3;4-6H,15H2,1-3H3;1-3H. The Morgan fingerprint density at radius 2 is 0.917 bits per heavy atom. The van der Waals surface area contributed by atoms with Gasteiger partial charge < -0.3 is 15.2 Å². The van der Waals surface area contributed by atoms with Gasteiger partial charge in [0.1, 0.15) is 17.0 Å². The smallest absolute Gasteiger partial charge is 0.416 e. The molecular weight excluding hydrogens is 737 g/mol. The van der Waals surface area contributed by atoms with E-state index in [2.05, 4.69) is 15.9 Å². The molecule has 0 aliphatic carbocycles. The lowest BCUT2D eigenvalue weighted by molar-refractivity contribution is -0.386. The zero-order valence-electron chi connectivity index (χ0n) is 25.9. The normalized spacial score (nSPS) is 12.2. The van der Waals surface area contributed by atoms with E-state index in [9.17, 15) is 59.7 Å². The van der Waals surface area contributed by atoms with Crippen LogP contribution in [0.2, 0.25) is 0 Å². The Hall–Kier alpha value is -4.29. The Morgan fingerprint density at radius 3 is 1.27 bits per heavy atom. The van der Waals surface area contributed by atoms with Crippen molar-refractivity contribution in [2.24, 2.45) is 0 Å². The molecule has 0 heterocycles. The van der Waals surface area contributed by atoms with Crippen molar-refractivity contribution in [3.05, 3.63) is 96.0 Å². The third kappa shape index (κ3) is 13.8. The number of nitro groups is 2. The maximum Gasteiger partial charge on any atom is 0.416 e. The van der Waals surface area contributed by atoms with Gasteiger partial charge in [-0.2, -0.15) is 39.5 Å². The van der Waals surface area contributed by atoms with E-state index in [-0.39, 0.29) is 21.7 Å². The van der Waals surface area contributed by atoms with E-state index in [1.807, 2.05) is 0 Å². The van der Waals surface area contributed by atoms with Gasteiger partial charge in [-0.1, -0.05) is 0 Å². The monoisotopic (exact) mass is 765 g/mol. The summed E-state index contributed by atoms with van der Waals surface area (Å²) in [6.45, 7) is 10.3. The first-order chi connectivity index (χ1) is 21.4. The number of anilines is 1. The summed E-state index contributed by atoms with van der Waals surface area (Å²) in [6.07, 6.45) is -13.6. The Morgan fingerprint density at radius 1 is 0.583 bits per heavy atom. The van der Waals surface area contributed by atoms with Crippen molar-refractivity contribution >= 4 is 33.0 Å². The van der Waals surface area contributed by atoms with Gasteiger partial charge in [0.05, 0.1) is 36.7 Å². The molecule has 0 radical (unpaired) electrons. The van der Waals surface area contributed by atoms with Gasteiger partial charge in [0.15, 0.2) is 5.75 Å². The van der Waals surface area contributed by atoms with Gasteiger partial charge in [-0.3, -0.25) is 20.2 Å². The molecule has 0 unspecified atom stereocenters. The minimum Gasteiger partial charge on any atom is -0.486 e. The summed E-state index contributed by atoms with van der Waals surface area (Å²) in [5.74, 6) is 0.0843. The van der Waals surface area contributed by atoms with E-state index in [1.165, 1.54) is 6.07 Å². The second kappa shape index (κ2) is 15.3. The van der Waals surface area contributed by atoms with Crippen LogP contribution in [0.25, 0.3) is 0 Å². The van der Waals surface area contributed by atoms with Gasteiger partial charge >= 0.3 is 24.2 Å². The number of rotatable bonds is 4. The number of nitrogen functional groups attached to an aromatic ring is 1. The van der Waals surface area contributed by atoms with Gasteiger partial charge in [-0.15, -0.1) is 0 Å². The Bertz CT molecular complexity index is 1600. The van der Waals surface area contributed by atoms with Gasteiger partial charge in [-0.05, 0) is 99.9 Å². The predicted octanol–water partition coefficient (Wildman–Crippen LogP) is 10.6. The Labute approximate surface area is 276 Å². The quantitative estimate of drug-likeness (QED) is 0.121. The van der Waals surface area contributed by atoms with Crippen LogP contribution in [0.1, 0.15) is 58.2 Å². The average Bonchev–Trinajstić information content (AvgIpc) is 2.87. The third-order valence-electron chi connectivity index (χ3n) is 5.12. The summed E-state index contributed by atoms with van der Waals surface area (Å²) in [6, 6.07) is 7.53. The summed E-state index contributed by atoms with van der Waals surface area (Å²) in [5.41, 5.74) is 0.0944. The second-order valence-electron chi connectivity index (χ2n) is 11.5. The fourth-order valence-corrected chi connectivity index (χ4v) is 3.62. The van der Waals surface area contributed by atoms with Gasteiger partial charge in [-0.25, -0.2) is 0 Å². The average molecular weight is 766 g/mol. The van der Waals surface area contributed by atoms with Crippen LogP contribution in [0.4, 0.5) is 56.6 Å². The number of halogens is 10. The van der Waals surface area contributed by atoms with Gasteiger partial charge in [0.2, 0.25) is 0 Å². The Balaban J connectivity index is 0.000000363. The fraction of sp³-hybridized carbons (Fsp3) is 0.379. The van der Waals surface area contributed by atoms with Gasteiger partial charge in [0, 0.05) is 12.1 Å². The highest BCUT2D eigenvalue weighted by Gasteiger charge is 2.35. The summed E-state index contributed by atoms with van der Waals surface area (Å²) < 4.78 is 121. The minimum atomic E-state index is -4.62. The molecule has 3 aromatic rings. The van der Waals surface area contributed by atoms with Crippen LogP contribution in [0.15, 0.2) is 59.1 Å². The van der Waals surface area contributed by atoms with Crippen LogP contribution in [0, 0.1) is 20.2 Å². The molecule has 0 bridgehead atoms. The van der Waals surface area contributed by atoms with Crippen LogP contribution >= 0.6 is 15.9 Å². The first-order valence-corrected chi connectivity index (χ1v) is 13.9. The van der Waals surface area contributed by atoms with Crippen molar-refractivity contribution in [3.8, 4) is 11.5 Å². The molecule has 3 rings (SSSR count). The lowest BCUT2D eigenvalue weighted by Crippen LogP contribution is -2.23. The highest BCUT2D eigenvalue weighted by molar-refractivity contribution is 9.10. The van der Waals surface area contributed by atoms with E-state index in [1.54, 1.807) is 41.5 Å². The van der Waals surface area contributed by atoms with E-state index in [0.717, 1.165) is 36.4 Å². The molecule has 19 heteroatoms. The first-order valence-electron chi connectivity index (χ1n) is 13.1. The maximum absolute atomic E-state index is 12.4. The van der Waals surface area contributed by atoms with Crippen LogP contribution < -0.4 is 15.2 Å². The molecule has 48 heavy (non-hydrogen) atoms. The first kappa shape index (κ1) is 41.7. The van der Waals surface area contributed by atoms with Crippen LogP contribution in [0.5, 0.6) is 11.5 Å². The highest BCUT2D eigenvalue weighted by atomic mass is 79.9. The number of alkyl halides is 9. The molecule has 3 aromatic carbocycles. The molecule has 9 nitrogen and oxygen atoms in total. The van der Waals surface area contributed by atoms with Crippen molar-refractivity contribution in [2.45, 2.75) is 71.3 Å². The van der Waals surface area contributed by atoms with Crippen molar-refractivity contribution < 1.29 is 58.8 Å². The van der Waals surface area contributed by atoms with Crippen molar-refractivity contribution in [1.82, 2.24) is 0 Å². The molecule has 0 spiro atoms. The number of benzene rings is 3. The van der Waals surface area contributed by atoms with Crippen molar-refractivity contribution in [1.29, 1.82) is 0 Å². The zero-order valence-corrected chi connectivity index (χ0v) is 27.5. The predicted molar refractivity (Wildman–Crippen MR) is 161 cm³/mol. The Kier molecular flexibility index (Phi) is 13.3. The van der Waals surface area contributed by atoms with Crippen molar-refractivity contribution in [3.63, 3.8) is 0 Å². The molecule has 0 fully saturated rings. The summed E-state index contributed by atoms with van der Waals surface area (Å²) in [5, 5.41) is 21.1. The van der Waals surface area contributed by atoms with E-state index in [4.69, 9.17) is 15.2 Å². The van der Waals surface area contributed by atoms with Crippen LogP contribution in [0.3, 0.4) is 0 Å². The number of hydrogen-bond acceptors (Lipinski definition) is 7. The van der Waals surface area contributed by atoms with E-state index < -0.39 is 67.6 Å². The van der Waals surface area contributed by atoms with E-state index in [0.29, 0.717) is 12.1 Å².